The van der Waals surface area contributed by atoms with E-state index in [-0.39, 0.29) is 12.1 Å². The number of nitrogens with two attached hydrogens (primary N) is 1. The maximum absolute atomic E-state index is 13.0. The molecule has 1 atom stereocenters. The molecule has 3 heterocycles. The van der Waals surface area contributed by atoms with Gasteiger partial charge in [-0.2, -0.15) is 0 Å². The standard InChI is InChI=1S/C30H30ClN7O/c1-20-33-11-12-38(20)19-22-17-21-3-2-10-34-28(21)29(26-9-4-23(31)18-27(22)26)36-13-15-37(16-14-36)30(39)35-25-7-5-24(32)6-8-25/h2-12,17-18,29H,13-16,19,32H2,1H3,(H,35,39). The Kier molecular flexibility index (Phi) is 6.81. The average Bonchev–Trinajstić information content (AvgIpc) is 3.29. The van der Waals surface area contributed by atoms with Gasteiger partial charge in [0.15, 0.2) is 0 Å². The summed E-state index contributed by atoms with van der Waals surface area (Å²) in [5.41, 5.74) is 12.7. The number of anilines is 2. The van der Waals surface area contributed by atoms with Crippen LogP contribution in [0.2, 0.25) is 5.02 Å². The van der Waals surface area contributed by atoms with Crippen molar-refractivity contribution in [3.63, 3.8) is 0 Å². The number of allylic oxidation sites excluding steroid dienone is 1. The second-order valence-electron chi connectivity index (χ2n) is 9.96. The minimum Gasteiger partial charge on any atom is -0.399 e. The number of benzene rings is 2. The second kappa shape index (κ2) is 10.6. The van der Waals surface area contributed by atoms with Crippen LogP contribution in [0.15, 0.2) is 73.2 Å². The van der Waals surface area contributed by atoms with Crippen LogP contribution in [0.4, 0.5) is 16.2 Å². The highest BCUT2D eigenvalue weighted by Crippen LogP contribution is 2.41. The van der Waals surface area contributed by atoms with Crippen molar-refractivity contribution >= 4 is 40.7 Å². The van der Waals surface area contributed by atoms with Crippen molar-refractivity contribution < 1.29 is 4.79 Å². The van der Waals surface area contributed by atoms with Crippen LogP contribution in [0.1, 0.15) is 34.3 Å². The SMILES string of the molecule is Cc1nccn1CC1=Cc2cccnc2C(N2CCN(C(=O)Nc3ccc(N)cc3)CC2)c2ccc(Cl)cc21. The Hall–Kier alpha value is -4.14. The first-order valence-electron chi connectivity index (χ1n) is 13.0. The number of carbonyl (C=O) groups excluding carboxylic acids is 1. The summed E-state index contributed by atoms with van der Waals surface area (Å²) in [7, 11) is 0. The molecule has 1 fully saturated rings. The van der Waals surface area contributed by atoms with Crippen LogP contribution in [0.25, 0.3) is 11.6 Å². The van der Waals surface area contributed by atoms with E-state index in [1.807, 2.05) is 54.7 Å². The lowest BCUT2D eigenvalue weighted by Gasteiger charge is -2.39. The Bertz CT molecular complexity index is 1540. The summed E-state index contributed by atoms with van der Waals surface area (Å²) in [6, 6.07) is 17.3. The third kappa shape index (κ3) is 5.13. The third-order valence-electron chi connectivity index (χ3n) is 7.51. The molecule has 1 unspecified atom stereocenters. The van der Waals surface area contributed by atoms with Gasteiger partial charge in [0.2, 0.25) is 0 Å². The number of nitrogen functional groups attached to an aromatic ring is 1. The molecule has 9 heteroatoms. The van der Waals surface area contributed by atoms with Crippen molar-refractivity contribution in [2.24, 2.45) is 0 Å². The molecule has 8 nitrogen and oxygen atoms in total. The van der Waals surface area contributed by atoms with E-state index in [2.05, 4.69) is 44.0 Å². The molecule has 2 aromatic heterocycles. The normalized spacial score (nSPS) is 17.1. The Labute approximate surface area is 232 Å². The van der Waals surface area contributed by atoms with Crippen LogP contribution in [0.3, 0.4) is 0 Å². The van der Waals surface area contributed by atoms with Gasteiger partial charge < -0.3 is 20.5 Å². The van der Waals surface area contributed by atoms with Gasteiger partial charge in [-0.05, 0) is 77.7 Å². The number of carbonyl (C=O) groups is 1. The Morgan fingerprint density at radius 3 is 2.59 bits per heavy atom. The zero-order valence-electron chi connectivity index (χ0n) is 21.7. The van der Waals surface area contributed by atoms with Gasteiger partial charge in [-0.3, -0.25) is 9.88 Å². The van der Waals surface area contributed by atoms with E-state index in [0.29, 0.717) is 43.4 Å². The minimum absolute atomic E-state index is 0.0617. The van der Waals surface area contributed by atoms with Crippen LogP contribution in [-0.4, -0.2) is 56.5 Å². The van der Waals surface area contributed by atoms with Gasteiger partial charge in [0.1, 0.15) is 5.82 Å². The van der Waals surface area contributed by atoms with Crippen molar-refractivity contribution in [1.29, 1.82) is 0 Å². The van der Waals surface area contributed by atoms with E-state index in [0.717, 1.165) is 33.9 Å². The third-order valence-corrected chi connectivity index (χ3v) is 7.74. The van der Waals surface area contributed by atoms with Crippen molar-refractivity contribution in [3.8, 4) is 0 Å². The lowest BCUT2D eigenvalue weighted by molar-refractivity contribution is 0.125. The zero-order chi connectivity index (χ0) is 26.9. The van der Waals surface area contributed by atoms with E-state index in [4.69, 9.17) is 22.3 Å². The molecule has 2 amide bonds. The Morgan fingerprint density at radius 2 is 1.85 bits per heavy atom. The van der Waals surface area contributed by atoms with E-state index >= 15 is 0 Å². The summed E-state index contributed by atoms with van der Waals surface area (Å²) < 4.78 is 2.14. The van der Waals surface area contributed by atoms with Gasteiger partial charge in [-0.25, -0.2) is 9.78 Å². The second-order valence-corrected chi connectivity index (χ2v) is 10.4. The molecule has 2 aromatic carbocycles. The van der Waals surface area contributed by atoms with Crippen LogP contribution in [0.5, 0.6) is 0 Å². The van der Waals surface area contributed by atoms with Gasteiger partial charge in [0.05, 0.1) is 11.7 Å². The molecule has 6 rings (SSSR count). The molecule has 1 aliphatic heterocycles. The zero-order valence-corrected chi connectivity index (χ0v) is 22.5. The number of rotatable bonds is 4. The number of urea groups is 1. The number of imidazole rings is 1. The number of nitrogens with zero attached hydrogens (tertiary/aromatic N) is 5. The van der Waals surface area contributed by atoms with Gasteiger partial charge in [-0.15, -0.1) is 0 Å². The fourth-order valence-electron chi connectivity index (χ4n) is 5.45. The van der Waals surface area contributed by atoms with Gasteiger partial charge in [0.25, 0.3) is 0 Å². The molecule has 1 saturated heterocycles. The molecule has 39 heavy (non-hydrogen) atoms. The summed E-state index contributed by atoms with van der Waals surface area (Å²) in [6.07, 6.45) is 7.91. The lowest BCUT2D eigenvalue weighted by atomic mass is 9.93. The number of piperazine rings is 1. The quantitative estimate of drug-likeness (QED) is 0.343. The number of aryl methyl sites for hydroxylation is 1. The molecule has 4 aromatic rings. The molecule has 198 valence electrons. The molecule has 3 N–H and O–H groups in total. The highest BCUT2D eigenvalue weighted by Gasteiger charge is 2.33. The Morgan fingerprint density at radius 1 is 1.05 bits per heavy atom. The largest absolute Gasteiger partial charge is 0.399 e. The number of fused-ring (bicyclic) bond motifs is 2. The predicted octanol–water partition coefficient (Wildman–Crippen LogP) is 5.32. The molecule has 0 bridgehead atoms. The maximum Gasteiger partial charge on any atom is 0.321 e. The minimum atomic E-state index is -0.106. The molecular weight excluding hydrogens is 510 g/mol. The number of hydrogen-bond donors (Lipinski definition) is 2. The number of nitrogens with one attached hydrogen (secondary N) is 1. The van der Waals surface area contributed by atoms with Gasteiger partial charge >= 0.3 is 6.03 Å². The van der Waals surface area contributed by atoms with E-state index in [9.17, 15) is 4.79 Å². The smallest absolute Gasteiger partial charge is 0.321 e. The molecule has 0 spiro atoms. The summed E-state index contributed by atoms with van der Waals surface area (Å²) in [6.45, 7) is 5.34. The number of hydrogen-bond acceptors (Lipinski definition) is 5. The first-order valence-corrected chi connectivity index (χ1v) is 13.4. The topological polar surface area (TPSA) is 92.3 Å². The summed E-state index contributed by atoms with van der Waals surface area (Å²) in [5, 5.41) is 3.68. The maximum atomic E-state index is 13.0. The van der Waals surface area contributed by atoms with Crippen molar-refractivity contribution in [2.45, 2.75) is 19.5 Å². The summed E-state index contributed by atoms with van der Waals surface area (Å²) in [4.78, 5) is 26.5. The highest BCUT2D eigenvalue weighted by molar-refractivity contribution is 6.30. The number of amides is 2. The molecular formula is C30H30ClN7O. The lowest BCUT2D eigenvalue weighted by Crippen LogP contribution is -2.51. The van der Waals surface area contributed by atoms with Crippen molar-refractivity contribution in [1.82, 2.24) is 24.3 Å². The van der Waals surface area contributed by atoms with Crippen LogP contribution in [-0.2, 0) is 6.54 Å². The van der Waals surface area contributed by atoms with Gasteiger partial charge in [-0.1, -0.05) is 23.7 Å². The summed E-state index contributed by atoms with van der Waals surface area (Å²) >= 11 is 6.55. The predicted molar refractivity (Wildman–Crippen MR) is 155 cm³/mol. The molecule has 0 radical (unpaired) electrons. The summed E-state index contributed by atoms with van der Waals surface area (Å²) in [5.74, 6) is 0.958. The van der Waals surface area contributed by atoms with Crippen LogP contribution < -0.4 is 11.1 Å². The van der Waals surface area contributed by atoms with E-state index in [1.54, 1.807) is 12.1 Å². The monoisotopic (exact) mass is 539 g/mol. The van der Waals surface area contributed by atoms with Crippen LogP contribution in [0, 0.1) is 6.92 Å². The number of halogens is 1. The number of pyridine rings is 1. The molecule has 1 aliphatic carbocycles. The van der Waals surface area contributed by atoms with Crippen LogP contribution >= 0.6 is 11.6 Å². The highest BCUT2D eigenvalue weighted by atomic mass is 35.5. The fraction of sp³-hybridized carbons (Fsp3) is 0.233. The Balaban J connectivity index is 1.29. The van der Waals surface area contributed by atoms with E-state index in [1.165, 1.54) is 5.56 Å². The van der Waals surface area contributed by atoms with Gasteiger partial charge in [0, 0.05) is 67.7 Å². The molecule has 2 aliphatic rings. The molecule has 0 saturated carbocycles. The van der Waals surface area contributed by atoms with Crippen molar-refractivity contribution in [2.75, 3.05) is 37.2 Å². The van der Waals surface area contributed by atoms with Crippen molar-refractivity contribution in [3.05, 3.63) is 106 Å². The average molecular weight is 540 g/mol. The number of aromatic nitrogens is 3. The first-order chi connectivity index (χ1) is 19.0. The first kappa shape index (κ1) is 25.2. The fourth-order valence-corrected chi connectivity index (χ4v) is 5.62. The van der Waals surface area contributed by atoms with E-state index < -0.39 is 0 Å².